The number of carbonyl (C=O) groups is 2. The first kappa shape index (κ1) is 24.0. The Hall–Kier alpha value is -2.69. The highest BCUT2D eigenvalue weighted by Gasteiger charge is 2.25. The average Bonchev–Trinajstić information content (AvgIpc) is 3.31. The van der Waals surface area contributed by atoms with Crippen molar-refractivity contribution < 1.29 is 14.3 Å². The first-order valence-electron chi connectivity index (χ1n) is 11.2. The van der Waals surface area contributed by atoms with Gasteiger partial charge in [-0.05, 0) is 37.3 Å². The zero-order chi connectivity index (χ0) is 22.8. The van der Waals surface area contributed by atoms with Crippen LogP contribution in [0.25, 0.3) is 0 Å². The zero-order valence-corrected chi connectivity index (χ0v) is 19.6. The number of amides is 2. The molecule has 1 aliphatic heterocycles. The van der Waals surface area contributed by atoms with Crippen LogP contribution in [0.15, 0.2) is 35.7 Å². The summed E-state index contributed by atoms with van der Waals surface area (Å²) in [6.07, 6.45) is 2.45. The maximum absolute atomic E-state index is 12.4. The average molecular weight is 454 g/mol. The molecule has 0 saturated carbocycles. The minimum atomic E-state index is -0.139. The van der Waals surface area contributed by atoms with E-state index in [0.717, 1.165) is 36.4 Å². The van der Waals surface area contributed by atoms with Crippen molar-refractivity contribution in [3.05, 3.63) is 52.0 Å². The maximum Gasteiger partial charge on any atom is 0.298 e. The Kier molecular flexibility index (Phi) is 9.27. The van der Waals surface area contributed by atoms with E-state index in [9.17, 15) is 9.59 Å². The van der Waals surface area contributed by atoms with Gasteiger partial charge in [0.15, 0.2) is 0 Å². The normalized spacial score (nSPS) is 14.2. The fourth-order valence-electron chi connectivity index (χ4n) is 3.42. The van der Waals surface area contributed by atoms with Gasteiger partial charge in [-0.25, -0.2) is 4.98 Å². The molecule has 2 heterocycles. The van der Waals surface area contributed by atoms with Crippen LogP contribution in [0.3, 0.4) is 0 Å². The molecule has 170 valence electrons. The van der Waals surface area contributed by atoms with Gasteiger partial charge < -0.3 is 15.0 Å². The van der Waals surface area contributed by atoms with Gasteiger partial charge in [-0.3, -0.25) is 9.59 Å². The molecule has 0 radical (unpaired) electrons. The molecule has 6 nitrogen and oxygen atoms in total. The molecule has 1 aliphatic rings. The molecule has 32 heavy (non-hydrogen) atoms. The highest BCUT2D eigenvalue weighted by Crippen LogP contribution is 2.30. The number of hydrogen-bond acceptors (Lipinski definition) is 5. The second-order valence-corrected chi connectivity index (χ2v) is 9.22. The van der Waals surface area contributed by atoms with Crippen molar-refractivity contribution in [2.75, 3.05) is 32.8 Å². The number of aromatic nitrogens is 1. The standard InChI is InChI=1S/C25H31N3O3S/c1-19(2)17-31-16-6-13-26-24(30)22-18-32-25(27-22)21-11-14-28(15-12-21)23(29)10-9-20-7-4-3-5-8-20/h3-5,7-8,18-19,21H,6,11-17H2,1-2H3,(H,26,30). The fourth-order valence-corrected chi connectivity index (χ4v) is 4.39. The van der Waals surface area contributed by atoms with Crippen LogP contribution in [0.2, 0.25) is 0 Å². The Labute approximate surface area is 194 Å². The molecule has 1 N–H and O–H groups in total. The predicted molar refractivity (Wildman–Crippen MR) is 127 cm³/mol. The lowest BCUT2D eigenvalue weighted by molar-refractivity contribution is -0.126. The zero-order valence-electron chi connectivity index (χ0n) is 18.8. The van der Waals surface area contributed by atoms with Gasteiger partial charge in [0.2, 0.25) is 0 Å². The highest BCUT2D eigenvalue weighted by atomic mass is 32.1. The van der Waals surface area contributed by atoms with E-state index in [-0.39, 0.29) is 17.7 Å². The summed E-state index contributed by atoms with van der Waals surface area (Å²) in [5.41, 5.74) is 1.31. The van der Waals surface area contributed by atoms with Crippen LogP contribution in [0, 0.1) is 17.8 Å². The van der Waals surface area contributed by atoms with Crippen molar-refractivity contribution in [1.29, 1.82) is 0 Å². The fraction of sp³-hybridized carbons (Fsp3) is 0.480. The Morgan fingerprint density at radius 3 is 2.72 bits per heavy atom. The van der Waals surface area contributed by atoms with Gasteiger partial charge in [0.05, 0.1) is 5.01 Å². The van der Waals surface area contributed by atoms with Crippen molar-refractivity contribution >= 4 is 23.2 Å². The van der Waals surface area contributed by atoms with E-state index in [1.807, 2.05) is 35.7 Å². The molecule has 3 rings (SSSR count). The summed E-state index contributed by atoms with van der Waals surface area (Å²) in [6, 6.07) is 9.53. The lowest BCUT2D eigenvalue weighted by Crippen LogP contribution is -2.37. The van der Waals surface area contributed by atoms with Crippen LogP contribution < -0.4 is 5.32 Å². The third-order valence-corrected chi connectivity index (χ3v) is 6.18. The number of likely N-dealkylation sites (tertiary alicyclic amines) is 1. The summed E-state index contributed by atoms with van der Waals surface area (Å²) in [5.74, 6) is 6.19. The van der Waals surface area contributed by atoms with E-state index in [0.29, 0.717) is 37.9 Å². The Balaban J connectivity index is 1.41. The first-order chi connectivity index (χ1) is 15.5. The summed E-state index contributed by atoms with van der Waals surface area (Å²) in [4.78, 5) is 31.1. The molecule has 0 unspecified atom stereocenters. The van der Waals surface area contributed by atoms with Crippen LogP contribution in [-0.4, -0.2) is 54.5 Å². The molecule has 1 aromatic carbocycles. The van der Waals surface area contributed by atoms with Crippen LogP contribution >= 0.6 is 11.3 Å². The molecule has 2 amide bonds. The lowest BCUT2D eigenvalue weighted by Gasteiger charge is -2.29. The molecule has 7 heteroatoms. The van der Waals surface area contributed by atoms with Crippen LogP contribution in [0.1, 0.15) is 60.1 Å². The van der Waals surface area contributed by atoms with E-state index >= 15 is 0 Å². The topological polar surface area (TPSA) is 71.5 Å². The first-order valence-corrected chi connectivity index (χ1v) is 12.1. The molecular formula is C25H31N3O3S. The lowest BCUT2D eigenvalue weighted by atomic mass is 9.97. The summed E-state index contributed by atoms with van der Waals surface area (Å²) < 4.78 is 5.53. The Morgan fingerprint density at radius 2 is 2.00 bits per heavy atom. The van der Waals surface area contributed by atoms with E-state index in [2.05, 4.69) is 36.0 Å². The van der Waals surface area contributed by atoms with Gasteiger partial charge in [-0.1, -0.05) is 38.0 Å². The second kappa shape index (κ2) is 12.4. The van der Waals surface area contributed by atoms with Gasteiger partial charge in [-0.2, -0.15) is 0 Å². The van der Waals surface area contributed by atoms with Gasteiger partial charge in [-0.15, -0.1) is 11.3 Å². The van der Waals surface area contributed by atoms with Crippen LogP contribution in [0.4, 0.5) is 0 Å². The van der Waals surface area contributed by atoms with Gasteiger partial charge in [0.1, 0.15) is 5.69 Å². The minimum Gasteiger partial charge on any atom is -0.381 e. The smallest absolute Gasteiger partial charge is 0.298 e. The minimum absolute atomic E-state index is 0.135. The quantitative estimate of drug-likeness (QED) is 0.489. The van der Waals surface area contributed by atoms with Crippen molar-refractivity contribution in [3.63, 3.8) is 0 Å². The van der Waals surface area contributed by atoms with Crippen molar-refractivity contribution in [1.82, 2.24) is 15.2 Å². The summed E-state index contributed by atoms with van der Waals surface area (Å²) in [5, 5.41) is 5.70. The SMILES string of the molecule is CC(C)COCCCNC(=O)c1csc(C2CCN(C(=O)C#Cc3ccccc3)CC2)n1. The number of nitrogens with zero attached hydrogens (tertiary/aromatic N) is 2. The van der Waals surface area contributed by atoms with Crippen molar-refractivity contribution in [2.24, 2.45) is 5.92 Å². The van der Waals surface area contributed by atoms with Gasteiger partial charge >= 0.3 is 0 Å². The van der Waals surface area contributed by atoms with Crippen molar-refractivity contribution in [2.45, 2.75) is 39.0 Å². The molecule has 0 aliphatic carbocycles. The number of piperidine rings is 1. The molecule has 0 atom stereocenters. The number of benzene rings is 1. The van der Waals surface area contributed by atoms with E-state index in [4.69, 9.17) is 4.74 Å². The number of hydrogen-bond donors (Lipinski definition) is 1. The molecule has 1 fully saturated rings. The molecule has 0 bridgehead atoms. The van der Waals surface area contributed by atoms with Gasteiger partial charge in [0.25, 0.3) is 11.8 Å². The number of nitrogens with one attached hydrogen (secondary N) is 1. The second-order valence-electron chi connectivity index (χ2n) is 8.33. The Bertz CT molecular complexity index is 938. The van der Waals surface area contributed by atoms with E-state index in [1.165, 1.54) is 11.3 Å². The number of ether oxygens (including phenoxy) is 1. The molecular weight excluding hydrogens is 422 g/mol. The largest absolute Gasteiger partial charge is 0.381 e. The van der Waals surface area contributed by atoms with E-state index in [1.54, 1.807) is 4.90 Å². The number of carbonyl (C=O) groups excluding carboxylic acids is 2. The third-order valence-electron chi connectivity index (χ3n) is 5.18. The monoisotopic (exact) mass is 453 g/mol. The third kappa shape index (κ3) is 7.47. The summed E-state index contributed by atoms with van der Waals surface area (Å²) in [7, 11) is 0. The predicted octanol–water partition coefficient (Wildman–Crippen LogP) is 3.69. The summed E-state index contributed by atoms with van der Waals surface area (Å²) in [6.45, 7) is 7.51. The van der Waals surface area contributed by atoms with E-state index < -0.39 is 0 Å². The number of thiazole rings is 1. The molecule has 1 saturated heterocycles. The molecule has 1 aromatic heterocycles. The highest BCUT2D eigenvalue weighted by molar-refractivity contribution is 7.09. The number of rotatable bonds is 8. The molecule has 0 spiro atoms. The van der Waals surface area contributed by atoms with Gasteiger partial charge in [0, 0.05) is 55.6 Å². The molecule has 2 aromatic rings. The van der Waals surface area contributed by atoms with Crippen LogP contribution in [0.5, 0.6) is 0 Å². The Morgan fingerprint density at radius 1 is 1.25 bits per heavy atom. The maximum atomic E-state index is 12.4. The summed E-state index contributed by atoms with van der Waals surface area (Å²) >= 11 is 1.52. The van der Waals surface area contributed by atoms with Crippen molar-refractivity contribution in [3.8, 4) is 11.8 Å². The van der Waals surface area contributed by atoms with Crippen LogP contribution in [-0.2, 0) is 9.53 Å².